The molecule has 0 aromatic rings. The summed E-state index contributed by atoms with van der Waals surface area (Å²) in [5.74, 6) is 2.32. The molecule has 0 saturated heterocycles. The van der Waals surface area contributed by atoms with Gasteiger partial charge in [-0.1, -0.05) is 0 Å². The van der Waals surface area contributed by atoms with E-state index in [1.165, 1.54) is 36.5 Å². The average molecular weight is 164 g/mol. The van der Waals surface area contributed by atoms with E-state index in [2.05, 4.69) is 36.4 Å². The fourth-order valence-corrected chi connectivity index (χ4v) is 2.98. The quantitative estimate of drug-likeness (QED) is 0.576. The molecule has 1 fully saturated rings. The zero-order valence-corrected chi connectivity index (χ0v) is 8.62. The van der Waals surface area contributed by atoms with Gasteiger partial charge in [0.15, 0.2) is 0 Å². The van der Waals surface area contributed by atoms with E-state index < -0.39 is 0 Å². The van der Waals surface area contributed by atoms with Crippen LogP contribution in [-0.4, -0.2) is 28.7 Å². The Balaban J connectivity index is 2.01. The second-order valence-corrected chi connectivity index (χ2v) is 5.09. The summed E-state index contributed by atoms with van der Waals surface area (Å²) < 4.78 is 0. The van der Waals surface area contributed by atoms with E-state index in [1.54, 1.807) is 0 Å². The Morgan fingerprint density at radius 1 is 1.45 bits per heavy atom. The molecule has 1 saturated carbocycles. The van der Waals surface area contributed by atoms with E-state index in [9.17, 15) is 0 Å². The van der Waals surface area contributed by atoms with Gasteiger partial charge in [0.05, 0.1) is 0 Å². The second-order valence-electron chi connectivity index (χ2n) is 3.75. The van der Waals surface area contributed by atoms with Crippen LogP contribution in [0.3, 0.4) is 0 Å². The molecular weight excluding hydrogens is 147 g/mol. The van der Waals surface area contributed by atoms with Crippen LogP contribution in [0.15, 0.2) is 0 Å². The Labute approximate surface area is 84.1 Å². The third-order valence-electron chi connectivity index (χ3n) is 2.62. The summed E-state index contributed by atoms with van der Waals surface area (Å²) in [6.07, 6.45) is 5.94. The molecule has 1 aliphatic rings. The van der Waals surface area contributed by atoms with Crippen molar-refractivity contribution in [3.05, 3.63) is 0 Å². The first kappa shape index (κ1) is 10.0. The normalized spacial score (nSPS) is 22.5. The van der Waals surface area contributed by atoms with Crippen LogP contribution in [0.25, 0.3) is 0 Å². The van der Waals surface area contributed by atoms with Crippen LogP contribution in [0.1, 0.15) is 32.6 Å². The maximum absolute atomic E-state index is 2.36. The molecule has 2 heteroatoms. The summed E-state index contributed by atoms with van der Waals surface area (Å²) in [5.41, 5.74) is 0. The molecule has 0 aliphatic heterocycles. The van der Waals surface area contributed by atoms with Crippen molar-refractivity contribution >= 4 is 29.5 Å². The summed E-state index contributed by atoms with van der Waals surface area (Å²) in [6.45, 7) is 2.36. The number of hydrogen-bond donors (Lipinski definition) is 0. The van der Waals surface area contributed by atoms with Crippen LogP contribution >= 0.6 is 11.8 Å². The molecule has 11 heavy (non-hydrogen) atoms. The van der Waals surface area contributed by atoms with Crippen molar-refractivity contribution in [3.8, 4) is 0 Å². The molecule has 1 rings (SSSR count). The monoisotopic (exact) mass is 164 g/mol. The Bertz CT molecular complexity index is 99.7. The topological polar surface area (TPSA) is 0 Å². The van der Waals surface area contributed by atoms with Crippen LogP contribution in [0.2, 0.25) is 5.09 Å². The van der Waals surface area contributed by atoms with E-state index in [0.29, 0.717) is 0 Å². The summed E-state index contributed by atoms with van der Waals surface area (Å²) in [6, 6.07) is 0. The first-order valence-electron chi connectivity index (χ1n) is 4.94. The van der Waals surface area contributed by atoms with Gasteiger partial charge in [0, 0.05) is 0 Å². The van der Waals surface area contributed by atoms with Crippen molar-refractivity contribution in [2.24, 2.45) is 5.92 Å². The molecule has 0 spiro atoms. The summed E-state index contributed by atoms with van der Waals surface area (Å²) in [5, 5.41) is 2.36. The number of thioether (sulfide) groups is 1. The van der Waals surface area contributed by atoms with Crippen molar-refractivity contribution in [1.29, 1.82) is 0 Å². The molecule has 0 radical (unpaired) electrons. The van der Waals surface area contributed by atoms with Crippen molar-refractivity contribution < 1.29 is 0 Å². The van der Waals surface area contributed by atoms with Gasteiger partial charge in [-0.05, 0) is 0 Å². The Hall–Kier alpha value is 0.947. The average Bonchev–Trinajstić information content (AvgIpc) is 2.52. The van der Waals surface area contributed by atoms with E-state index in [0.717, 1.165) is 11.2 Å². The molecular formula is C9H17LiS. The van der Waals surface area contributed by atoms with Gasteiger partial charge >= 0.3 is 84.1 Å². The van der Waals surface area contributed by atoms with E-state index >= 15 is 0 Å². The second kappa shape index (κ2) is 5.57. The van der Waals surface area contributed by atoms with Gasteiger partial charge in [0.25, 0.3) is 0 Å². The van der Waals surface area contributed by atoms with Gasteiger partial charge in [0.2, 0.25) is 0 Å². The van der Waals surface area contributed by atoms with Crippen LogP contribution < -0.4 is 0 Å². The Morgan fingerprint density at radius 3 is 2.64 bits per heavy atom. The van der Waals surface area contributed by atoms with Crippen LogP contribution in [0, 0.1) is 5.92 Å². The van der Waals surface area contributed by atoms with Gasteiger partial charge in [-0.3, -0.25) is 0 Å². The van der Waals surface area contributed by atoms with E-state index in [-0.39, 0.29) is 0 Å². The first-order chi connectivity index (χ1) is 5.33. The third-order valence-corrected chi connectivity index (χ3v) is 4.32. The fraction of sp³-hybridized carbons (Fsp3) is 1.00. The zero-order chi connectivity index (χ0) is 8.10. The van der Waals surface area contributed by atoms with Crippen LogP contribution in [-0.2, 0) is 0 Å². The van der Waals surface area contributed by atoms with Crippen molar-refractivity contribution in [1.82, 2.24) is 0 Å². The van der Waals surface area contributed by atoms with Crippen molar-refractivity contribution in [2.45, 2.75) is 43.0 Å². The molecule has 0 bridgehead atoms. The van der Waals surface area contributed by atoms with Gasteiger partial charge in [-0.25, -0.2) is 0 Å². The molecule has 0 aromatic carbocycles. The molecule has 60 valence electrons. The Morgan fingerprint density at radius 2 is 2.09 bits per heavy atom. The predicted molar refractivity (Wildman–Crippen MR) is 54.4 cm³/mol. The molecule has 1 aliphatic carbocycles. The summed E-state index contributed by atoms with van der Waals surface area (Å²) in [7, 11) is 0. The predicted octanol–water partition coefficient (Wildman–Crippen LogP) is 2.89. The summed E-state index contributed by atoms with van der Waals surface area (Å²) >= 11 is 4.51. The zero-order valence-electron chi connectivity index (χ0n) is 7.81. The minimum absolute atomic E-state index is 0.931. The molecule has 1 atom stereocenters. The van der Waals surface area contributed by atoms with Gasteiger partial charge < -0.3 is 0 Å². The van der Waals surface area contributed by atoms with Gasteiger partial charge in [0.1, 0.15) is 0 Å². The minimum atomic E-state index is 0.931. The van der Waals surface area contributed by atoms with E-state index in [4.69, 9.17) is 0 Å². The SMILES string of the molecule is [Li][CH2]C(C)CSC1CCCC1. The van der Waals surface area contributed by atoms with Gasteiger partial charge in [-0.2, -0.15) is 0 Å². The van der Waals surface area contributed by atoms with Gasteiger partial charge in [-0.15, -0.1) is 0 Å². The number of hydrogen-bond acceptors (Lipinski definition) is 1. The fourth-order valence-electron chi connectivity index (χ4n) is 1.47. The van der Waals surface area contributed by atoms with E-state index in [1.807, 2.05) is 0 Å². The molecule has 0 amide bonds. The van der Waals surface area contributed by atoms with Crippen LogP contribution in [0.5, 0.6) is 0 Å². The molecule has 0 N–H and O–H groups in total. The van der Waals surface area contributed by atoms with Crippen molar-refractivity contribution in [3.63, 3.8) is 0 Å². The summed E-state index contributed by atoms with van der Waals surface area (Å²) in [4.78, 5) is 0. The molecule has 1 unspecified atom stereocenters. The Kier molecular flexibility index (Phi) is 5.08. The molecule has 0 nitrogen and oxygen atoms in total. The molecule has 0 aromatic heterocycles. The van der Waals surface area contributed by atoms with Crippen molar-refractivity contribution in [2.75, 3.05) is 5.75 Å². The number of rotatable bonds is 4. The maximum atomic E-state index is 2.36. The standard InChI is InChI=1S/C9H17S.Li/c1-8(2)7-10-9-5-3-4-6-9;/h8-9H,1,3-7H2,2H3;. The molecule has 0 heterocycles. The first-order valence-corrected chi connectivity index (χ1v) is 5.99. The third kappa shape index (κ3) is 3.92. The van der Waals surface area contributed by atoms with Crippen LogP contribution in [0.4, 0.5) is 0 Å².